The summed E-state index contributed by atoms with van der Waals surface area (Å²) >= 11 is 1.33. The molecule has 2 aromatic carbocycles. The summed E-state index contributed by atoms with van der Waals surface area (Å²) in [5, 5.41) is 10.3. The van der Waals surface area contributed by atoms with Gasteiger partial charge in [0.25, 0.3) is 11.3 Å². The van der Waals surface area contributed by atoms with Gasteiger partial charge >= 0.3 is 6.18 Å². The van der Waals surface area contributed by atoms with Gasteiger partial charge in [0.15, 0.2) is 0 Å². The fourth-order valence-electron chi connectivity index (χ4n) is 2.90. The van der Waals surface area contributed by atoms with E-state index in [-0.39, 0.29) is 10.9 Å². The normalized spacial score (nSPS) is 12.9. The number of Topliss-reactive ketones (excluding diaryl/α,β-unsaturated/α-hetero) is 1. The molecule has 0 spiro atoms. The van der Waals surface area contributed by atoms with E-state index in [1.807, 2.05) is 0 Å². The number of halogens is 3. The van der Waals surface area contributed by atoms with Gasteiger partial charge in [0.2, 0.25) is 0 Å². The second-order valence-corrected chi connectivity index (χ2v) is 6.50. The SMILES string of the molecule is O=C(c1c(O)c2cccc3c2n(c1=O)-c1ccccc1S3)C(F)(F)F. The fraction of sp³-hybridized carbons (Fsp3) is 0.0588. The van der Waals surface area contributed by atoms with Gasteiger partial charge < -0.3 is 5.11 Å². The molecule has 126 valence electrons. The largest absolute Gasteiger partial charge is 0.506 e. The van der Waals surface area contributed by atoms with Crippen molar-refractivity contribution in [3.05, 3.63) is 58.4 Å². The molecule has 1 aromatic heterocycles. The molecule has 0 radical (unpaired) electrons. The molecule has 0 aliphatic carbocycles. The predicted octanol–water partition coefficient (Wildman–Crippen LogP) is 3.91. The molecule has 0 saturated heterocycles. The van der Waals surface area contributed by atoms with E-state index in [0.29, 0.717) is 15.5 Å². The van der Waals surface area contributed by atoms with Gasteiger partial charge in [-0.25, -0.2) is 0 Å². The summed E-state index contributed by atoms with van der Waals surface area (Å²) in [6.45, 7) is 0. The van der Waals surface area contributed by atoms with Gasteiger partial charge in [0.05, 0.1) is 11.2 Å². The van der Waals surface area contributed by atoms with Crippen molar-refractivity contribution in [2.45, 2.75) is 16.0 Å². The molecule has 8 heteroatoms. The highest BCUT2D eigenvalue weighted by Gasteiger charge is 2.43. The van der Waals surface area contributed by atoms with Crippen molar-refractivity contribution in [3.8, 4) is 11.4 Å². The van der Waals surface area contributed by atoms with Crippen molar-refractivity contribution in [2.24, 2.45) is 0 Å². The second kappa shape index (κ2) is 5.13. The Morgan fingerprint density at radius 3 is 2.44 bits per heavy atom. The van der Waals surface area contributed by atoms with Crippen molar-refractivity contribution in [1.82, 2.24) is 4.57 Å². The number of hydrogen-bond acceptors (Lipinski definition) is 4. The lowest BCUT2D eigenvalue weighted by molar-refractivity contribution is -0.0887. The first-order valence-electron chi connectivity index (χ1n) is 7.10. The van der Waals surface area contributed by atoms with Crippen LogP contribution in [0.5, 0.6) is 5.75 Å². The number of carbonyl (C=O) groups excluding carboxylic acids is 1. The lowest BCUT2D eigenvalue weighted by atomic mass is 10.1. The smallest absolute Gasteiger partial charge is 0.455 e. The molecule has 4 rings (SSSR count). The molecule has 3 aromatic rings. The summed E-state index contributed by atoms with van der Waals surface area (Å²) in [4.78, 5) is 25.7. The molecule has 1 N–H and O–H groups in total. The van der Waals surface area contributed by atoms with Gasteiger partial charge in [-0.05, 0) is 24.3 Å². The number of ketones is 1. The van der Waals surface area contributed by atoms with Crippen LogP contribution in [0.3, 0.4) is 0 Å². The zero-order valence-corrected chi connectivity index (χ0v) is 13.1. The first kappa shape index (κ1) is 15.8. The quantitative estimate of drug-likeness (QED) is 0.521. The van der Waals surface area contributed by atoms with Crippen molar-refractivity contribution < 1.29 is 23.1 Å². The summed E-state index contributed by atoms with van der Waals surface area (Å²) in [5.74, 6) is -3.30. The van der Waals surface area contributed by atoms with Crippen LogP contribution in [0.1, 0.15) is 10.4 Å². The fourth-order valence-corrected chi connectivity index (χ4v) is 3.99. The van der Waals surface area contributed by atoms with Crippen LogP contribution >= 0.6 is 11.8 Å². The van der Waals surface area contributed by atoms with Gasteiger partial charge in [-0.3, -0.25) is 14.2 Å². The first-order chi connectivity index (χ1) is 11.8. The van der Waals surface area contributed by atoms with E-state index < -0.39 is 28.8 Å². The molecule has 2 heterocycles. The van der Waals surface area contributed by atoms with Crippen LogP contribution in [0.15, 0.2) is 57.1 Å². The minimum Gasteiger partial charge on any atom is -0.506 e. The summed E-state index contributed by atoms with van der Waals surface area (Å²) in [6, 6.07) is 11.3. The summed E-state index contributed by atoms with van der Waals surface area (Å²) in [5.41, 5.74) is -1.80. The van der Waals surface area contributed by atoms with Gasteiger partial charge in [-0.1, -0.05) is 30.0 Å². The number of hydrogen-bond donors (Lipinski definition) is 1. The number of alkyl halides is 3. The van der Waals surface area contributed by atoms with Gasteiger partial charge in [0.1, 0.15) is 11.3 Å². The Kier molecular flexibility index (Phi) is 3.23. The molecule has 1 aliphatic heterocycles. The number of aromatic nitrogens is 1. The van der Waals surface area contributed by atoms with E-state index in [0.717, 1.165) is 4.57 Å². The van der Waals surface area contributed by atoms with Crippen LogP contribution in [0.4, 0.5) is 13.2 Å². The van der Waals surface area contributed by atoms with Crippen LogP contribution in [0, 0.1) is 0 Å². The van der Waals surface area contributed by atoms with Crippen molar-refractivity contribution in [1.29, 1.82) is 0 Å². The predicted molar refractivity (Wildman–Crippen MR) is 85.7 cm³/mol. The van der Waals surface area contributed by atoms with Crippen LogP contribution in [0.25, 0.3) is 16.6 Å². The minimum atomic E-state index is -5.27. The van der Waals surface area contributed by atoms with Gasteiger partial charge in [-0.2, -0.15) is 13.2 Å². The van der Waals surface area contributed by atoms with Crippen molar-refractivity contribution in [3.63, 3.8) is 0 Å². The van der Waals surface area contributed by atoms with E-state index in [1.54, 1.807) is 36.4 Å². The zero-order chi connectivity index (χ0) is 17.9. The molecule has 0 saturated carbocycles. The van der Waals surface area contributed by atoms with Crippen LogP contribution in [-0.4, -0.2) is 21.6 Å². The number of benzene rings is 2. The van der Waals surface area contributed by atoms with E-state index in [4.69, 9.17) is 0 Å². The molecule has 0 unspecified atom stereocenters. The maximum absolute atomic E-state index is 12.9. The third kappa shape index (κ3) is 2.17. The highest BCUT2D eigenvalue weighted by Crippen LogP contribution is 2.44. The Labute approximate surface area is 142 Å². The van der Waals surface area contributed by atoms with Crippen LogP contribution in [0.2, 0.25) is 0 Å². The van der Waals surface area contributed by atoms with E-state index in [1.165, 1.54) is 17.8 Å². The van der Waals surface area contributed by atoms with Gasteiger partial charge in [0, 0.05) is 15.2 Å². The Bertz CT molecular complexity index is 1120. The number of rotatable bonds is 1. The monoisotopic (exact) mass is 363 g/mol. The Morgan fingerprint density at radius 2 is 1.72 bits per heavy atom. The lowest BCUT2D eigenvalue weighted by Crippen LogP contribution is -2.33. The van der Waals surface area contributed by atoms with Crippen molar-refractivity contribution >= 4 is 28.4 Å². The van der Waals surface area contributed by atoms with E-state index in [2.05, 4.69) is 0 Å². The average molecular weight is 363 g/mol. The van der Waals surface area contributed by atoms with E-state index in [9.17, 15) is 27.9 Å². The topological polar surface area (TPSA) is 59.3 Å². The average Bonchev–Trinajstić information content (AvgIpc) is 2.57. The molecule has 0 amide bonds. The number of aromatic hydroxyl groups is 1. The molecule has 0 fully saturated rings. The highest BCUT2D eigenvalue weighted by atomic mass is 32.2. The Balaban J connectivity index is 2.22. The first-order valence-corrected chi connectivity index (χ1v) is 7.92. The maximum atomic E-state index is 12.9. The summed E-state index contributed by atoms with van der Waals surface area (Å²) < 4.78 is 39.8. The number of para-hydroxylation sites is 2. The lowest BCUT2D eigenvalue weighted by Gasteiger charge is -2.23. The molecule has 0 atom stereocenters. The number of carbonyl (C=O) groups is 1. The maximum Gasteiger partial charge on any atom is 0.455 e. The number of pyridine rings is 1. The summed E-state index contributed by atoms with van der Waals surface area (Å²) in [6.07, 6.45) is -5.27. The third-order valence-corrected chi connectivity index (χ3v) is 5.06. The second-order valence-electron chi connectivity index (χ2n) is 5.41. The van der Waals surface area contributed by atoms with Crippen LogP contribution < -0.4 is 5.56 Å². The minimum absolute atomic E-state index is 0.0201. The molecule has 4 nitrogen and oxygen atoms in total. The highest BCUT2D eigenvalue weighted by molar-refractivity contribution is 7.99. The number of nitrogens with zero attached hydrogens (tertiary/aromatic N) is 1. The molecular formula is C17H8F3NO3S. The van der Waals surface area contributed by atoms with Crippen molar-refractivity contribution in [2.75, 3.05) is 0 Å². The van der Waals surface area contributed by atoms with E-state index >= 15 is 0 Å². The standard InChI is InChI=1S/C17H8F3NO3S/c18-17(19,20)15(23)12-14(22)8-4-3-7-11-13(8)21(16(12)24)9-5-1-2-6-10(9)25-11/h1-7,22H. The molecule has 1 aliphatic rings. The third-order valence-electron chi connectivity index (χ3n) is 3.94. The zero-order valence-electron chi connectivity index (χ0n) is 12.3. The molecular weight excluding hydrogens is 355 g/mol. The Hall–Kier alpha value is -2.74. The molecule has 0 bridgehead atoms. The number of fused-ring (bicyclic) bond motifs is 2. The Morgan fingerprint density at radius 1 is 1.04 bits per heavy atom. The molecule has 25 heavy (non-hydrogen) atoms. The summed E-state index contributed by atoms with van der Waals surface area (Å²) in [7, 11) is 0. The van der Waals surface area contributed by atoms with Crippen LogP contribution in [-0.2, 0) is 0 Å². The van der Waals surface area contributed by atoms with Gasteiger partial charge in [-0.15, -0.1) is 0 Å².